The van der Waals surface area contributed by atoms with Crippen molar-refractivity contribution in [3.05, 3.63) is 71.0 Å². The summed E-state index contributed by atoms with van der Waals surface area (Å²) in [5.41, 5.74) is 3.21. The molecular formula is C22H23ClF2. The molecule has 132 valence electrons. The van der Waals surface area contributed by atoms with Crippen LogP contribution in [-0.2, 0) is 0 Å². The molecule has 1 aliphatic rings. The second kappa shape index (κ2) is 8.62. The normalized spacial score (nSPS) is 20.9. The van der Waals surface area contributed by atoms with Gasteiger partial charge >= 0.3 is 0 Å². The van der Waals surface area contributed by atoms with Crippen molar-refractivity contribution in [1.82, 2.24) is 0 Å². The highest BCUT2D eigenvalue weighted by Crippen LogP contribution is 2.37. The van der Waals surface area contributed by atoms with E-state index in [-0.39, 0.29) is 17.5 Å². The minimum Gasteiger partial charge on any atom is -0.247 e. The van der Waals surface area contributed by atoms with E-state index >= 15 is 0 Å². The van der Waals surface area contributed by atoms with Gasteiger partial charge in [0.1, 0.15) is 12.5 Å². The lowest BCUT2D eigenvalue weighted by Crippen LogP contribution is -2.12. The van der Waals surface area contributed by atoms with Crippen molar-refractivity contribution in [1.29, 1.82) is 0 Å². The Morgan fingerprint density at radius 1 is 0.920 bits per heavy atom. The second-order valence-electron chi connectivity index (χ2n) is 6.83. The quantitative estimate of drug-likeness (QED) is 0.489. The van der Waals surface area contributed by atoms with E-state index in [0.717, 1.165) is 17.5 Å². The minimum absolute atomic E-state index is 0.151. The summed E-state index contributed by atoms with van der Waals surface area (Å²) in [7, 11) is 0. The maximum Gasteiger partial charge on any atom is 0.142 e. The minimum atomic E-state index is -0.386. The van der Waals surface area contributed by atoms with Crippen LogP contribution in [0, 0.1) is 11.7 Å². The largest absolute Gasteiger partial charge is 0.247 e. The third-order valence-corrected chi connectivity index (χ3v) is 5.51. The first-order chi connectivity index (χ1) is 12.2. The van der Waals surface area contributed by atoms with Crippen LogP contribution in [0.4, 0.5) is 8.78 Å². The molecule has 0 unspecified atom stereocenters. The van der Waals surface area contributed by atoms with Crippen LogP contribution in [0.25, 0.3) is 11.1 Å². The Morgan fingerprint density at radius 2 is 1.60 bits per heavy atom. The molecule has 2 aromatic carbocycles. The van der Waals surface area contributed by atoms with Crippen LogP contribution in [0.15, 0.2) is 54.6 Å². The fourth-order valence-electron chi connectivity index (χ4n) is 3.71. The zero-order valence-corrected chi connectivity index (χ0v) is 15.0. The van der Waals surface area contributed by atoms with Crippen molar-refractivity contribution in [3.8, 4) is 11.1 Å². The van der Waals surface area contributed by atoms with Gasteiger partial charge in [0.2, 0.25) is 0 Å². The second-order valence-corrected chi connectivity index (χ2v) is 7.24. The molecule has 0 radical (unpaired) electrons. The van der Waals surface area contributed by atoms with Gasteiger partial charge in [0.25, 0.3) is 0 Å². The van der Waals surface area contributed by atoms with Gasteiger partial charge in [0.05, 0.1) is 5.02 Å². The highest BCUT2D eigenvalue weighted by atomic mass is 35.5. The van der Waals surface area contributed by atoms with Crippen LogP contribution < -0.4 is 0 Å². The number of alkyl halides is 1. The Hall–Kier alpha value is -1.67. The maximum absolute atomic E-state index is 13.6. The molecule has 0 atom stereocenters. The molecule has 1 aliphatic carbocycles. The molecule has 0 saturated heterocycles. The monoisotopic (exact) mass is 360 g/mol. The number of hydrogen-bond acceptors (Lipinski definition) is 0. The first-order valence-corrected chi connectivity index (χ1v) is 9.31. The molecule has 0 spiro atoms. The summed E-state index contributed by atoms with van der Waals surface area (Å²) < 4.78 is 25.7. The Labute approximate surface area is 153 Å². The van der Waals surface area contributed by atoms with Crippen LogP contribution in [0.3, 0.4) is 0 Å². The van der Waals surface area contributed by atoms with Crippen LogP contribution in [-0.4, -0.2) is 6.67 Å². The smallest absolute Gasteiger partial charge is 0.142 e. The molecule has 0 N–H and O–H groups in total. The molecule has 1 saturated carbocycles. The zero-order valence-electron chi connectivity index (χ0n) is 14.2. The van der Waals surface area contributed by atoms with E-state index in [1.165, 1.54) is 37.3 Å². The van der Waals surface area contributed by atoms with Crippen LogP contribution >= 0.6 is 11.6 Å². The average molecular weight is 361 g/mol. The summed E-state index contributed by atoms with van der Waals surface area (Å²) in [6.07, 6.45) is 9.36. The summed E-state index contributed by atoms with van der Waals surface area (Å²) in [6, 6.07) is 13.4. The molecule has 0 nitrogen and oxygen atoms in total. The first-order valence-electron chi connectivity index (χ1n) is 8.93. The number of halogens is 3. The standard InChI is InChI=1S/C22H23ClF2/c23-21-13-12-20(15-22(21)25)19-10-8-18(9-11-19)17-6-4-16(5-7-17)3-1-2-14-24/h1-2,8-13,15-17H,3-7,14H2/b2-1+. The van der Waals surface area contributed by atoms with Gasteiger partial charge in [-0.05, 0) is 72.8 Å². The van der Waals surface area contributed by atoms with Crippen molar-refractivity contribution in [2.75, 3.05) is 6.67 Å². The summed E-state index contributed by atoms with van der Waals surface area (Å²) >= 11 is 5.75. The Balaban J connectivity index is 1.61. The van der Waals surface area contributed by atoms with Crippen molar-refractivity contribution in [3.63, 3.8) is 0 Å². The molecular weight excluding hydrogens is 338 g/mol. The third kappa shape index (κ3) is 4.70. The van der Waals surface area contributed by atoms with E-state index in [1.807, 2.05) is 12.1 Å². The highest BCUT2D eigenvalue weighted by Gasteiger charge is 2.21. The fraction of sp³-hybridized carbons (Fsp3) is 0.364. The lowest BCUT2D eigenvalue weighted by Gasteiger charge is -2.28. The van der Waals surface area contributed by atoms with Gasteiger partial charge < -0.3 is 0 Å². The van der Waals surface area contributed by atoms with E-state index in [2.05, 4.69) is 24.3 Å². The summed E-state index contributed by atoms with van der Waals surface area (Å²) in [4.78, 5) is 0. The fourth-order valence-corrected chi connectivity index (χ4v) is 3.82. The van der Waals surface area contributed by atoms with Crippen LogP contribution in [0.1, 0.15) is 43.6 Å². The van der Waals surface area contributed by atoms with Gasteiger partial charge in [-0.25, -0.2) is 8.78 Å². The Bertz CT molecular complexity index is 713. The molecule has 0 heterocycles. The Morgan fingerprint density at radius 3 is 2.24 bits per heavy atom. The van der Waals surface area contributed by atoms with Crippen molar-refractivity contribution < 1.29 is 8.78 Å². The van der Waals surface area contributed by atoms with Gasteiger partial charge in [-0.2, -0.15) is 0 Å². The van der Waals surface area contributed by atoms with Crippen molar-refractivity contribution in [2.24, 2.45) is 5.92 Å². The zero-order chi connectivity index (χ0) is 17.6. The first kappa shape index (κ1) is 18.1. The van der Waals surface area contributed by atoms with Crippen molar-refractivity contribution in [2.45, 2.75) is 38.0 Å². The van der Waals surface area contributed by atoms with Gasteiger partial charge in [0, 0.05) is 0 Å². The number of allylic oxidation sites excluding steroid dienone is 2. The van der Waals surface area contributed by atoms with Crippen LogP contribution in [0.5, 0.6) is 0 Å². The lowest BCUT2D eigenvalue weighted by atomic mass is 9.77. The third-order valence-electron chi connectivity index (χ3n) is 5.21. The highest BCUT2D eigenvalue weighted by molar-refractivity contribution is 6.30. The molecule has 3 heteroatoms. The van der Waals surface area contributed by atoms with Crippen molar-refractivity contribution >= 4 is 11.6 Å². The van der Waals surface area contributed by atoms with Gasteiger partial charge in [-0.3, -0.25) is 0 Å². The number of rotatable bonds is 5. The SMILES string of the molecule is FC/C=C/CC1CCC(c2ccc(-c3ccc(Cl)c(F)c3)cc2)CC1. The predicted molar refractivity (Wildman–Crippen MR) is 101 cm³/mol. The van der Waals surface area contributed by atoms with E-state index in [9.17, 15) is 8.78 Å². The lowest BCUT2D eigenvalue weighted by molar-refractivity contribution is 0.328. The maximum atomic E-state index is 13.6. The molecule has 0 bridgehead atoms. The average Bonchev–Trinajstić information content (AvgIpc) is 2.65. The van der Waals surface area contributed by atoms with E-state index in [4.69, 9.17) is 11.6 Å². The topological polar surface area (TPSA) is 0 Å². The van der Waals surface area contributed by atoms with Gasteiger partial charge in [-0.15, -0.1) is 0 Å². The summed E-state index contributed by atoms with van der Waals surface area (Å²) in [5, 5.41) is 0.151. The van der Waals surface area contributed by atoms with Gasteiger partial charge in [0.15, 0.2) is 0 Å². The molecule has 0 aromatic heterocycles. The molecule has 3 rings (SSSR count). The Kier molecular flexibility index (Phi) is 6.25. The number of benzene rings is 2. The van der Waals surface area contributed by atoms with Crippen LogP contribution in [0.2, 0.25) is 5.02 Å². The molecule has 0 aliphatic heterocycles. The predicted octanol–water partition coefficient (Wildman–Crippen LogP) is 7.34. The number of hydrogen-bond donors (Lipinski definition) is 0. The van der Waals surface area contributed by atoms with E-state index in [1.54, 1.807) is 12.1 Å². The molecule has 2 aromatic rings. The molecule has 25 heavy (non-hydrogen) atoms. The van der Waals surface area contributed by atoms with E-state index in [0.29, 0.717) is 11.8 Å². The van der Waals surface area contributed by atoms with E-state index < -0.39 is 0 Å². The molecule has 0 amide bonds. The summed E-state index contributed by atoms with van der Waals surface area (Å²) in [5.74, 6) is 0.899. The summed E-state index contributed by atoms with van der Waals surface area (Å²) in [6.45, 7) is -0.362. The van der Waals surface area contributed by atoms with Gasteiger partial charge in [-0.1, -0.05) is 54.1 Å². The molecule has 1 fully saturated rings.